The number of ether oxygens (including phenoxy) is 1. The molecule has 2 N–H and O–H groups in total. The number of nitrogens with one attached hydrogen (secondary N) is 2. The number of hydrogen-bond donors (Lipinski definition) is 2. The summed E-state index contributed by atoms with van der Waals surface area (Å²) in [6.45, 7) is 6.94. The van der Waals surface area contributed by atoms with Crippen LogP contribution >= 0.6 is 0 Å². The summed E-state index contributed by atoms with van der Waals surface area (Å²) in [7, 11) is 0. The molecule has 18 heavy (non-hydrogen) atoms. The summed E-state index contributed by atoms with van der Waals surface area (Å²) in [5.74, 6) is 1.03. The Hall–Kier alpha value is -0.610. The van der Waals surface area contributed by atoms with Crippen LogP contribution in [0.25, 0.3) is 0 Å². The molecule has 0 aliphatic carbocycles. The molecule has 4 heteroatoms. The molecular formula is C14H26N2O2. The molecule has 2 rings (SSSR count). The zero-order chi connectivity index (χ0) is 13.0. The predicted octanol–water partition coefficient (Wildman–Crippen LogP) is 1.31. The van der Waals surface area contributed by atoms with Crippen molar-refractivity contribution in [2.75, 3.05) is 19.8 Å². The van der Waals surface area contributed by atoms with Crippen molar-refractivity contribution < 1.29 is 9.53 Å². The quantitative estimate of drug-likeness (QED) is 0.798. The fourth-order valence-electron chi connectivity index (χ4n) is 3.05. The zero-order valence-electron chi connectivity index (χ0n) is 11.6. The Kier molecular flexibility index (Phi) is 5.01. The van der Waals surface area contributed by atoms with Crippen LogP contribution in [0.2, 0.25) is 0 Å². The van der Waals surface area contributed by atoms with Crippen molar-refractivity contribution in [3.63, 3.8) is 0 Å². The van der Waals surface area contributed by atoms with Gasteiger partial charge in [-0.3, -0.25) is 4.79 Å². The molecule has 0 radical (unpaired) electrons. The molecule has 0 aromatic heterocycles. The highest BCUT2D eigenvalue weighted by molar-refractivity contribution is 5.79. The Morgan fingerprint density at radius 3 is 2.72 bits per heavy atom. The molecular weight excluding hydrogens is 228 g/mol. The summed E-state index contributed by atoms with van der Waals surface area (Å²) in [5, 5.41) is 6.60. The Balaban J connectivity index is 1.78. The summed E-state index contributed by atoms with van der Waals surface area (Å²) >= 11 is 0. The molecule has 4 nitrogen and oxygen atoms in total. The molecule has 3 atom stereocenters. The highest BCUT2D eigenvalue weighted by atomic mass is 16.5. The van der Waals surface area contributed by atoms with Gasteiger partial charge in [0.15, 0.2) is 0 Å². The van der Waals surface area contributed by atoms with E-state index in [0.717, 1.165) is 45.4 Å². The molecule has 2 fully saturated rings. The molecule has 2 aliphatic heterocycles. The van der Waals surface area contributed by atoms with E-state index in [4.69, 9.17) is 4.74 Å². The largest absolute Gasteiger partial charge is 0.381 e. The first-order valence-corrected chi connectivity index (χ1v) is 7.28. The van der Waals surface area contributed by atoms with Gasteiger partial charge in [-0.15, -0.1) is 0 Å². The van der Waals surface area contributed by atoms with E-state index in [-0.39, 0.29) is 17.9 Å². The number of amides is 1. The summed E-state index contributed by atoms with van der Waals surface area (Å²) in [6, 6.07) is 0.750. The van der Waals surface area contributed by atoms with Crippen molar-refractivity contribution >= 4 is 5.91 Å². The first kappa shape index (κ1) is 13.8. The highest BCUT2D eigenvalue weighted by Crippen LogP contribution is 2.21. The number of rotatable bonds is 3. The second kappa shape index (κ2) is 6.53. The van der Waals surface area contributed by atoms with E-state index < -0.39 is 0 Å². The van der Waals surface area contributed by atoms with E-state index in [1.807, 2.05) is 0 Å². The molecule has 0 spiro atoms. The Bertz CT molecular complexity index is 277. The summed E-state index contributed by atoms with van der Waals surface area (Å²) < 4.78 is 5.36. The zero-order valence-corrected chi connectivity index (χ0v) is 11.6. The van der Waals surface area contributed by atoms with Crippen molar-refractivity contribution in [1.29, 1.82) is 0 Å². The lowest BCUT2D eigenvalue weighted by Gasteiger charge is -2.32. The smallest absolute Gasteiger partial charge is 0.223 e. The van der Waals surface area contributed by atoms with Crippen molar-refractivity contribution in [1.82, 2.24) is 10.6 Å². The predicted molar refractivity (Wildman–Crippen MR) is 71.3 cm³/mol. The van der Waals surface area contributed by atoms with E-state index in [1.165, 1.54) is 0 Å². The third-order valence-corrected chi connectivity index (χ3v) is 4.34. The molecule has 1 unspecified atom stereocenters. The minimum absolute atomic E-state index is 0.198. The van der Waals surface area contributed by atoms with E-state index in [9.17, 15) is 4.79 Å². The van der Waals surface area contributed by atoms with Gasteiger partial charge in [0.2, 0.25) is 5.91 Å². The average molecular weight is 254 g/mol. The van der Waals surface area contributed by atoms with Crippen LogP contribution in [0.5, 0.6) is 0 Å². The van der Waals surface area contributed by atoms with Gasteiger partial charge in [0, 0.05) is 31.2 Å². The second-order valence-corrected chi connectivity index (χ2v) is 5.82. The maximum absolute atomic E-state index is 12.2. The lowest BCUT2D eigenvalue weighted by molar-refractivity contribution is -0.127. The maximum atomic E-state index is 12.2. The lowest BCUT2D eigenvalue weighted by Crippen LogP contribution is -2.47. The summed E-state index contributed by atoms with van der Waals surface area (Å²) in [6.07, 6.45) is 4.08. The molecule has 2 saturated heterocycles. The van der Waals surface area contributed by atoms with Crippen LogP contribution in [0.3, 0.4) is 0 Å². The highest BCUT2D eigenvalue weighted by Gasteiger charge is 2.28. The minimum atomic E-state index is 0.198. The molecule has 0 bridgehead atoms. The normalized spacial score (nSPS) is 31.9. The van der Waals surface area contributed by atoms with E-state index >= 15 is 0 Å². The number of hydrogen-bond acceptors (Lipinski definition) is 3. The van der Waals surface area contributed by atoms with Crippen LogP contribution in [0.15, 0.2) is 0 Å². The van der Waals surface area contributed by atoms with Crippen molar-refractivity contribution in [3.8, 4) is 0 Å². The molecule has 104 valence electrons. The molecule has 0 aromatic carbocycles. The lowest BCUT2D eigenvalue weighted by atomic mass is 9.90. The molecule has 0 aromatic rings. The van der Waals surface area contributed by atoms with Crippen molar-refractivity contribution in [3.05, 3.63) is 0 Å². The van der Waals surface area contributed by atoms with Gasteiger partial charge >= 0.3 is 0 Å². The van der Waals surface area contributed by atoms with Crippen LogP contribution in [0.4, 0.5) is 0 Å². The number of carbonyl (C=O) groups is 1. The Morgan fingerprint density at radius 2 is 2.06 bits per heavy atom. The summed E-state index contributed by atoms with van der Waals surface area (Å²) in [5.41, 5.74) is 0. The van der Waals surface area contributed by atoms with E-state index in [0.29, 0.717) is 12.0 Å². The summed E-state index contributed by atoms with van der Waals surface area (Å²) in [4.78, 5) is 12.2. The average Bonchev–Trinajstić information content (AvgIpc) is 2.39. The third kappa shape index (κ3) is 3.69. The van der Waals surface area contributed by atoms with Crippen LogP contribution in [0.1, 0.15) is 39.5 Å². The first-order valence-electron chi connectivity index (χ1n) is 7.28. The van der Waals surface area contributed by atoms with Crippen molar-refractivity contribution in [2.45, 2.75) is 51.6 Å². The van der Waals surface area contributed by atoms with E-state index in [2.05, 4.69) is 24.5 Å². The fourth-order valence-corrected chi connectivity index (χ4v) is 3.05. The third-order valence-electron chi connectivity index (χ3n) is 4.34. The van der Waals surface area contributed by atoms with Gasteiger partial charge in [-0.2, -0.15) is 0 Å². The van der Waals surface area contributed by atoms with Crippen LogP contribution in [0, 0.1) is 11.8 Å². The van der Waals surface area contributed by atoms with Crippen LogP contribution in [-0.2, 0) is 9.53 Å². The molecule has 2 aliphatic rings. The molecule has 1 amide bonds. The van der Waals surface area contributed by atoms with Crippen LogP contribution in [-0.4, -0.2) is 37.7 Å². The van der Waals surface area contributed by atoms with Gasteiger partial charge < -0.3 is 15.4 Å². The Morgan fingerprint density at radius 1 is 1.33 bits per heavy atom. The standard InChI is InChI=1S/C14H26N2O2/c1-10-9-13(3-6-15-10)14(17)16-11(2)12-4-7-18-8-5-12/h10-13,15H,3-9H2,1-2H3,(H,16,17)/t10-,11?,13-/m0/s1. The van der Waals surface area contributed by atoms with Gasteiger partial charge in [-0.1, -0.05) is 0 Å². The van der Waals surface area contributed by atoms with Gasteiger partial charge in [0.05, 0.1) is 0 Å². The van der Waals surface area contributed by atoms with Gasteiger partial charge in [-0.25, -0.2) is 0 Å². The second-order valence-electron chi connectivity index (χ2n) is 5.82. The first-order chi connectivity index (χ1) is 8.66. The fraction of sp³-hybridized carbons (Fsp3) is 0.929. The minimum Gasteiger partial charge on any atom is -0.381 e. The monoisotopic (exact) mass is 254 g/mol. The Labute approximate surface area is 110 Å². The topological polar surface area (TPSA) is 50.4 Å². The number of piperidine rings is 1. The van der Waals surface area contributed by atoms with Gasteiger partial charge in [0.25, 0.3) is 0 Å². The SMILES string of the molecule is CC(NC(=O)[C@H]1CCN[C@@H](C)C1)C1CCOCC1. The van der Waals surface area contributed by atoms with E-state index in [1.54, 1.807) is 0 Å². The number of carbonyl (C=O) groups excluding carboxylic acids is 1. The molecule has 2 heterocycles. The van der Waals surface area contributed by atoms with Crippen LogP contribution < -0.4 is 10.6 Å². The molecule has 0 saturated carbocycles. The van der Waals surface area contributed by atoms with Gasteiger partial charge in [0.1, 0.15) is 0 Å². The van der Waals surface area contributed by atoms with Crippen molar-refractivity contribution in [2.24, 2.45) is 11.8 Å². The maximum Gasteiger partial charge on any atom is 0.223 e. The van der Waals surface area contributed by atoms with Gasteiger partial charge in [-0.05, 0) is 52.0 Å².